The van der Waals surface area contributed by atoms with E-state index in [2.05, 4.69) is 0 Å². The highest BCUT2D eigenvalue weighted by Gasteiger charge is 2.49. The van der Waals surface area contributed by atoms with Crippen LogP contribution in [0, 0.1) is 0 Å². The van der Waals surface area contributed by atoms with Crippen molar-refractivity contribution in [2.75, 3.05) is 11.5 Å². The molecule has 0 radical (unpaired) electrons. The molecule has 2 aliphatic rings. The third kappa shape index (κ3) is 1.50. The Kier molecular flexibility index (Phi) is 2.23. The minimum atomic E-state index is -2.92. The van der Waals surface area contributed by atoms with Gasteiger partial charge in [-0.15, -0.1) is 0 Å². The zero-order chi connectivity index (χ0) is 10.5. The molecular weight excluding hydrogens is 222 g/mol. The van der Waals surface area contributed by atoms with Gasteiger partial charge in [-0.1, -0.05) is 0 Å². The van der Waals surface area contributed by atoms with Gasteiger partial charge in [0.2, 0.25) is 0 Å². The second kappa shape index (κ2) is 3.06. The first kappa shape index (κ1) is 10.2. The van der Waals surface area contributed by atoms with Gasteiger partial charge in [0.05, 0.1) is 17.5 Å². The van der Waals surface area contributed by atoms with Crippen LogP contribution in [-0.4, -0.2) is 48.2 Å². The lowest BCUT2D eigenvalue weighted by atomic mass is 10.2. The molecule has 6 heteroatoms. The second-order valence-electron chi connectivity index (χ2n) is 4.07. The van der Waals surface area contributed by atoms with Gasteiger partial charge >= 0.3 is 0 Å². The van der Waals surface area contributed by atoms with Crippen LogP contribution >= 0.6 is 12.2 Å². The predicted molar refractivity (Wildman–Crippen MR) is 56.9 cm³/mol. The largest absolute Gasteiger partial charge is 0.464 e. The molecule has 2 heterocycles. The lowest BCUT2D eigenvalue weighted by Gasteiger charge is -2.25. The molecule has 80 valence electrons. The average molecular weight is 235 g/mol. The van der Waals surface area contributed by atoms with Crippen molar-refractivity contribution in [3.63, 3.8) is 0 Å². The first-order valence-corrected chi connectivity index (χ1v) is 6.83. The standard InChI is InChI=1S/C8H13NO3S2/c1-5(2)9-6-3-14(10,11)4-7(6)12-8(9)13/h5-7H,3-4H2,1-2H3. The maximum absolute atomic E-state index is 11.4. The van der Waals surface area contributed by atoms with Crippen LogP contribution in [0.3, 0.4) is 0 Å². The van der Waals surface area contributed by atoms with Gasteiger partial charge in [0, 0.05) is 6.04 Å². The zero-order valence-electron chi connectivity index (χ0n) is 8.13. The summed E-state index contributed by atoms with van der Waals surface area (Å²) >= 11 is 5.05. The Morgan fingerprint density at radius 1 is 1.50 bits per heavy atom. The van der Waals surface area contributed by atoms with Crippen molar-refractivity contribution in [3.8, 4) is 0 Å². The van der Waals surface area contributed by atoms with Crippen molar-refractivity contribution in [2.24, 2.45) is 0 Å². The van der Waals surface area contributed by atoms with Crippen molar-refractivity contribution in [3.05, 3.63) is 0 Å². The number of fused-ring (bicyclic) bond motifs is 1. The number of nitrogens with zero attached hydrogens (tertiary/aromatic N) is 1. The van der Waals surface area contributed by atoms with E-state index in [4.69, 9.17) is 17.0 Å². The highest BCUT2D eigenvalue weighted by atomic mass is 32.2. The summed E-state index contributed by atoms with van der Waals surface area (Å²) in [5.41, 5.74) is 0. The molecule has 0 amide bonds. The molecule has 0 bridgehead atoms. The van der Waals surface area contributed by atoms with E-state index >= 15 is 0 Å². The van der Waals surface area contributed by atoms with E-state index in [1.165, 1.54) is 0 Å². The van der Waals surface area contributed by atoms with E-state index in [1.54, 1.807) is 0 Å². The van der Waals surface area contributed by atoms with Gasteiger partial charge in [-0.05, 0) is 26.1 Å². The van der Waals surface area contributed by atoms with Crippen molar-refractivity contribution in [1.82, 2.24) is 4.90 Å². The van der Waals surface area contributed by atoms with Crippen LogP contribution in [0.5, 0.6) is 0 Å². The number of sulfone groups is 1. The van der Waals surface area contributed by atoms with Gasteiger partial charge < -0.3 is 9.64 Å². The number of hydrogen-bond donors (Lipinski definition) is 0. The lowest BCUT2D eigenvalue weighted by molar-refractivity contribution is 0.227. The molecule has 0 aromatic rings. The van der Waals surface area contributed by atoms with Crippen LogP contribution < -0.4 is 0 Å². The molecule has 2 rings (SSSR count). The smallest absolute Gasteiger partial charge is 0.260 e. The van der Waals surface area contributed by atoms with Crippen LogP contribution in [-0.2, 0) is 14.6 Å². The third-order valence-corrected chi connectivity index (χ3v) is 4.64. The van der Waals surface area contributed by atoms with Crippen molar-refractivity contribution >= 4 is 27.2 Å². The Morgan fingerprint density at radius 3 is 2.71 bits per heavy atom. The summed E-state index contributed by atoms with van der Waals surface area (Å²) in [6, 6.07) is 0.137. The lowest BCUT2D eigenvalue weighted by Crippen LogP contribution is -2.41. The van der Waals surface area contributed by atoms with Gasteiger partial charge in [0.1, 0.15) is 6.10 Å². The first-order chi connectivity index (χ1) is 6.41. The number of thiocarbonyl (C=S) groups is 1. The van der Waals surface area contributed by atoms with Gasteiger partial charge in [0.15, 0.2) is 9.84 Å². The molecule has 0 aliphatic carbocycles. The predicted octanol–water partition coefficient (Wildman–Crippen LogP) is 0.177. The van der Waals surface area contributed by atoms with E-state index < -0.39 is 9.84 Å². The Hall–Kier alpha value is -0.360. The maximum Gasteiger partial charge on any atom is 0.260 e. The Balaban J connectivity index is 2.26. The molecule has 2 fully saturated rings. The molecule has 0 saturated carbocycles. The minimum absolute atomic E-state index is 0.0625. The highest BCUT2D eigenvalue weighted by Crippen LogP contribution is 2.29. The fraction of sp³-hybridized carbons (Fsp3) is 0.875. The Bertz CT molecular complexity index is 363. The van der Waals surface area contributed by atoms with Crippen LogP contribution in [0.25, 0.3) is 0 Å². The van der Waals surface area contributed by atoms with Crippen molar-refractivity contribution in [1.29, 1.82) is 0 Å². The summed E-state index contributed by atoms with van der Waals surface area (Å²) in [4.78, 5) is 1.89. The average Bonchev–Trinajstić information content (AvgIpc) is 2.37. The second-order valence-corrected chi connectivity index (χ2v) is 6.57. The SMILES string of the molecule is CC(C)N1C(=S)OC2CS(=O)(=O)CC21. The number of ether oxygens (including phenoxy) is 1. The third-order valence-electron chi connectivity index (χ3n) is 2.65. The molecule has 14 heavy (non-hydrogen) atoms. The maximum atomic E-state index is 11.4. The molecule has 0 spiro atoms. The molecule has 2 aliphatic heterocycles. The highest BCUT2D eigenvalue weighted by molar-refractivity contribution is 7.91. The number of hydrogen-bond acceptors (Lipinski definition) is 4. The van der Waals surface area contributed by atoms with Crippen LogP contribution in [0.1, 0.15) is 13.8 Å². The summed E-state index contributed by atoms with van der Waals surface area (Å²) in [7, 11) is -2.92. The fourth-order valence-electron chi connectivity index (χ4n) is 2.09. The van der Waals surface area contributed by atoms with Crippen molar-refractivity contribution < 1.29 is 13.2 Å². The molecule has 2 atom stereocenters. The summed E-state index contributed by atoms with van der Waals surface area (Å²) in [6.45, 7) is 3.98. The minimum Gasteiger partial charge on any atom is -0.464 e. The van der Waals surface area contributed by atoms with Crippen molar-refractivity contribution in [2.45, 2.75) is 32.0 Å². The van der Waals surface area contributed by atoms with E-state index in [0.29, 0.717) is 5.17 Å². The summed E-state index contributed by atoms with van der Waals surface area (Å²) in [5.74, 6) is 0.289. The monoisotopic (exact) mass is 235 g/mol. The van der Waals surface area contributed by atoms with Gasteiger partial charge in [0.25, 0.3) is 5.17 Å². The molecule has 4 nitrogen and oxygen atoms in total. The molecular formula is C8H13NO3S2. The molecule has 0 aromatic heterocycles. The molecule has 0 aromatic carbocycles. The molecule has 0 N–H and O–H groups in total. The Morgan fingerprint density at radius 2 is 2.14 bits per heavy atom. The fourth-order valence-corrected chi connectivity index (χ4v) is 4.38. The van der Waals surface area contributed by atoms with Gasteiger partial charge in [-0.2, -0.15) is 0 Å². The molecule has 2 unspecified atom stereocenters. The summed E-state index contributed by atoms with van der Waals surface area (Å²) in [6.07, 6.45) is -0.241. The normalized spacial score (nSPS) is 34.8. The van der Waals surface area contributed by atoms with E-state index in [-0.39, 0.29) is 29.7 Å². The summed E-state index contributed by atoms with van der Waals surface area (Å²) < 4.78 is 28.1. The number of rotatable bonds is 1. The first-order valence-electron chi connectivity index (χ1n) is 4.60. The topological polar surface area (TPSA) is 46.6 Å². The van der Waals surface area contributed by atoms with Crippen LogP contribution in [0.4, 0.5) is 0 Å². The van der Waals surface area contributed by atoms with E-state index in [9.17, 15) is 8.42 Å². The van der Waals surface area contributed by atoms with Crippen LogP contribution in [0.2, 0.25) is 0 Å². The van der Waals surface area contributed by atoms with E-state index in [0.717, 1.165) is 0 Å². The zero-order valence-corrected chi connectivity index (χ0v) is 9.77. The van der Waals surface area contributed by atoms with Gasteiger partial charge in [-0.3, -0.25) is 0 Å². The quantitative estimate of drug-likeness (QED) is 0.607. The van der Waals surface area contributed by atoms with Gasteiger partial charge in [-0.25, -0.2) is 8.42 Å². The Labute approximate surface area is 89.1 Å². The van der Waals surface area contributed by atoms with Crippen LogP contribution in [0.15, 0.2) is 0 Å². The molecule has 2 saturated heterocycles. The van der Waals surface area contributed by atoms with E-state index in [1.807, 2.05) is 18.7 Å². The summed E-state index contributed by atoms with van der Waals surface area (Å²) in [5, 5.41) is 0.449.